The van der Waals surface area contributed by atoms with Gasteiger partial charge in [0.05, 0.1) is 0 Å². The molecule has 0 unspecified atom stereocenters. The van der Waals surface area contributed by atoms with Crippen LogP contribution in [0.5, 0.6) is 0 Å². The molecule has 12 heteroatoms. The van der Waals surface area contributed by atoms with Gasteiger partial charge in [-0.05, 0) is 51.2 Å². The zero-order valence-corrected chi connectivity index (χ0v) is 22.8. The highest BCUT2D eigenvalue weighted by molar-refractivity contribution is 7.87. The van der Waals surface area contributed by atoms with Crippen molar-refractivity contribution in [2.24, 2.45) is 10.3 Å². The molecule has 2 aromatic heterocycles. The van der Waals surface area contributed by atoms with Crippen molar-refractivity contribution in [2.75, 3.05) is 21.1 Å². The lowest BCUT2D eigenvalue weighted by molar-refractivity contribution is 0.469. The van der Waals surface area contributed by atoms with E-state index in [1.165, 1.54) is 36.8 Å². The summed E-state index contributed by atoms with van der Waals surface area (Å²) < 4.78 is 46.9. The monoisotopic (exact) mass is 542 g/mol. The van der Waals surface area contributed by atoms with Gasteiger partial charge in [-0.3, -0.25) is 0 Å². The van der Waals surface area contributed by atoms with E-state index in [-0.39, 0.29) is 0 Å². The Bertz CT molecular complexity index is 1430. The number of hydrogen-bond acceptors (Lipinski definition) is 6. The summed E-state index contributed by atoms with van der Waals surface area (Å²) in [5, 5.41) is 16.4. The van der Waals surface area contributed by atoms with Gasteiger partial charge in [-0.15, -0.1) is 22.7 Å². The highest BCUT2D eigenvalue weighted by atomic mass is 32.2. The van der Waals surface area contributed by atoms with E-state index < -0.39 is 20.4 Å². The summed E-state index contributed by atoms with van der Waals surface area (Å²) in [6, 6.07) is 16.5. The van der Waals surface area contributed by atoms with Crippen LogP contribution in [-0.2, 0) is 33.4 Å². The summed E-state index contributed by atoms with van der Waals surface area (Å²) in [6.07, 6.45) is 1.14. The lowest BCUT2D eigenvalue weighted by Gasteiger charge is -2.12. The number of benzene rings is 2. The topological polar surface area (TPSA) is 127 Å². The molecule has 0 aliphatic carbocycles. The van der Waals surface area contributed by atoms with E-state index in [0.29, 0.717) is 6.54 Å². The molecule has 0 aliphatic heterocycles. The van der Waals surface area contributed by atoms with Crippen molar-refractivity contribution >= 4 is 63.3 Å². The average Bonchev–Trinajstić information content (AvgIpc) is 3.37. The quantitative estimate of drug-likeness (QED) is 0.398. The minimum absolute atomic E-state index is 0.308. The first-order valence-corrected chi connectivity index (χ1v) is 15.0. The third-order valence-electron chi connectivity index (χ3n) is 4.84. The van der Waals surface area contributed by atoms with Crippen LogP contribution in [0.4, 0.5) is 0 Å². The Morgan fingerprint density at radius 1 is 0.735 bits per heavy atom. The first-order valence-electron chi connectivity index (χ1n) is 10.2. The van der Waals surface area contributed by atoms with E-state index >= 15 is 0 Å². The Labute approximate surface area is 209 Å². The lowest BCUT2D eigenvalue weighted by Crippen LogP contribution is -2.32. The minimum atomic E-state index is -3.61. The van der Waals surface area contributed by atoms with Crippen molar-refractivity contribution in [1.82, 2.24) is 8.61 Å². The molecule has 0 bridgehead atoms. The van der Waals surface area contributed by atoms with E-state index in [9.17, 15) is 16.8 Å². The molecule has 0 atom stereocenters. The first kappa shape index (κ1) is 28.3. The van der Waals surface area contributed by atoms with Crippen LogP contribution in [0.1, 0.15) is 18.1 Å². The average molecular weight is 543 g/mol. The maximum atomic E-state index is 11.1. The zero-order valence-electron chi connectivity index (χ0n) is 19.5. The van der Waals surface area contributed by atoms with E-state index in [1.54, 1.807) is 11.3 Å². The van der Waals surface area contributed by atoms with Crippen LogP contribution in [0.2, 0.25) is 0 Å². The molecule has 2 aromatic carbocycles. The maximum absolute atomic E-state index is 11.1. The smallest absolute Gasteiger partial charge is 0.216 e. The molecular weight excluding hydrogens is 513 g/mol. The molecule has 0 radical (unpaired) electrons. The van der Waals surface area contributed by atoms with Crippen molar-refractivity contribution in [1.29, 1.82) is 0 Å². The molecule has 0 saturated heterocycles. The molecule has 4 rings (SSSR count). The predicted octanol–water partition coefficient (Wildman–Crippen LogP) is 3.75. The summed E-state index contributed by atoms with van der Waals surface area (Å²) in [7, 11) is -2.80. The van der Waals surface area contributed by atoms with Crippen LogP contribution in [0.3, 0.4) is 0 Å². The van der Waals surface area contributed by atoms with Crippen molar-refractivity contribution < 1.29 is 16.8 Å². The largest absolute Gasteiger partial charge is 0.276 e. The number of hydrogen-bond donors (Lipinski definition) is 2. The second-order valence-electron chi connectivity index (χ2n) is 7.50. The van der Waals surface area contributed by atoms with Crippen molar-refractivity contribution in [3.8, 4) is 0 Å². The van der Waals surface area contributed by atoms with E-state index in [0.717, 1.165) is 30.7 Å². The Hall–Kier alpha value is -1.90. The normalized spacial score (nSPS) is 11.9. The molecule has 2 heterocycles. The highest BCUT2D eigenvalue weighted by Gasteiger charge is 2.14. The van der Waals surface area contributed by atoms with Crippen LogP contribution in [0.15, 0.2) is 59.3 Å². The summed E-state index contributed by atoms with van der Waals surface area (Å²) in [5.41, 5.74) is 2.46. The lowest BCUT2D eigenvalue weighted by atomic mass is 10.1. The molecule has 8 nitrogen and oxygen atoms in total. The van der Waals surface area contributed by atoms with Gasteiger partial charge in [0, 0.05) is 37.1 Å². The van der Waals surface area contributed by atoms with Gasteiger partial charge in [0.15, 0.2) is 0 Å². The predicted molar refractivity (Wildman–Crippen MR) is 144 cm³/mol. The Balaban J connectivity index is 0.000000197. The second-order valence-corrected chi connectivity index (χ2v) is 12.7. The molecular formula is C22H30N4O4S4. The summed E-state index contributed by atoms with van der Waals surface area (Å²) in [6.45, 7) is 2.51. The molecule has 0 saturated carbocycles. The van der Waals surface area contributed by atoms with Gasteiger partial charge in [-0.2, -0.15) is 25.4 Å². The molecule has 4 aromatic rings. The highest BCUT2D eigenvalue weighted by Crippen LogP contribution is 2.27. The van der Waals surface area contributed by atoms with Crippen LogP contribution >= 0.6 is 22.7 Å². The van der Waals surface area contributed by atoms with Crippen LogP contribution < -0.4 is 10.3 Å². The summed E-state index contributed by atoms with van der Waals surface area (Å²) in [4.78, 5) is 0. The molecule has 0 aliphatic rings. The second kappa shape index (κ2) is 12.2. The summed E-state index contributed by atoms with van der Waals surface area (Å²) >= 11 is 3.44. The van der Waals surface area contributed by atoms with Crippen molar-refractivity contribution in [2.45, 2.75) is 19.9 Å². The van der Waals surface area contributed by atoms with Gasteiger partial charge in [0.1, 0.15) is 0 Å². The van der Waals surface area contributed by atoms with Gasteiger partial charge >= 0.3 is 0 Å². The number of nitrogens with two attached hydrogens (primary N) is 2. The van der Waals surface area contributed by atoms with E-state index in [2.05, 4.69) is 41.7 Å². The fourth-order valence-corrected chi connectivity index (χ4v) is 5.11. The van der Waals surface area contributed by atoms with Gasteiger partial charge in [-0.25, -0.2) is 10.3 Å². The van der Waals surface area contributed by atoms with Gasteiger partial charge in [0.25, 0.3) is 20.4 Å². The van der Waals surface area contributed by atoms with Crippen LogP contribution in [-0.4, -0.2) is 46.6 Å². The maximum Gasteiger partial charge on any atom is 0.276 e. The standard InChI is InChI=1S/C10H12N2O2S2.C10H10S.C2H8N2O2S/c1-12(16(11,13)14)6-8-7-15-10-5-3-2-4-9(8)10;1-2-8-7-11-10-6-4-3-5-9(8)10;1-4(2)7(3,5)6/h2-5,7H,6H2,1H3,(H2,11,13,14);3-7H,2H2,1H3;1-2H3,(H2,3,5,6). The summed E-state index contributed by atoms with van der Waals surface area (Å²) in [5.74, 6) is 0. The van der Waals surface area contributed by atoms with E-state index in [1.807, 2.05) is 41.0 Å². The number of aryl methyl sites for hydroxylation is 1. The fraction of sp³-hybridized carbons (Fsp3) is 0.273. The first-order chi connectivity index (χ1) is 15.8. The number of fused-ring (bicyclic) bond motifs is 2. The fourth-order valence-electron chi connectivity index (χ4n) is 2.79. The van der Waals surface area contributed by atoms with Gasteiger partial charge in [0.2, 0.25) is 0 Å². The molecule has 34 heavy (non-hydrogen) atoms. The van der Waals surface area contributed by atoms with Crippen molar-refractivity contribution in [3.05, 3.63) is 70.4 Å². The Morgan fingerprint density at radius 2 is 1.15 bits per heavy atom. The van der Waals surface area contributed by atoms with E-state index in [4.69, 9.17) is 5.14 Å². The van der Waals surface area contributed by atoms with Gasteiger partial charge in [-0.1, -0.05) is 43.3 Å². The van der Waals surface area contributed by atoms with Crippen LogP contribution in [0, 0.1) is 0 Å². The molecule has 0 amide bonds. The van der Waals surface area contributed by atoms with Gasteiger partial charge < -0.3 is 0 Å². The Kier molecular flexibility index (Phi) is 10.2. The third-order valence-corrected chi connectivity index (χ3v) is 8.88. The molecule has 0 spiro atoms. The number of rotatable bonds is 5. The molecule has 4 N–H and O–H groups in total. The Morgan fingerprint density at radius 3 is 1.56 bits per heavy atom. The van der Waals surface area contributed by atoms with Crippen LogP contribution in [0.25, 0.3) is 20.2 Å². The molecule has 186 valence electrons. The van der Waals surface area contributed by atoms with Crippen molar-refractivity contribution in [3.63, 3.8) is 0 Å². The number of nitrogens with zero attached hydrogens (tertiary/aromatic N) is 2. The third kappa shape index (κ3) is 8.10. The SMILES string of the molecule is CCc1csc2ccccc12.CN(C)S(N)(=O)=O.CN(Cc1csc2ccccc12)S(N)(=O)=O. The number of thiophene rings is 2. The minimum Gasteiger partial charge on any atom is -0.216 e. The zero-order chi connectivity index (χ0) is 25.5. The molecule has 0 fully saturated rings.